The first kappa shape index (κ1) is 8.49. The SMILES string of the molecule is O=C1CNc2nc(C(=O)O)ccc2N1. The number of carbonyl (C=O) groups is 2. The van der Waals surface area contributed by atoms with Crippen LogP contribution in [0.2, 0.25) is 0 Å². The lowest BCUT2D eigenvalue weighted by Crippen LogP contribution is -2.28. The largest absolute Gasteiger partial charge is 0.477 e. The number of aromatic nitrogens is 1. The quantitative estimate of drug-likeness (QED) is 0.590. The fraction of sp³-hybridized carbons (Fsp3) is 0.125. The summed E-state index contributed by atoms with van der Waals surface area (Å²) in [7, 11) is 0. The van der Waals surface area contributed by atoms with Crippen molar-refractivity contribution in [3.8, 4) is 0 Å². The van der Waals surface area contributed by atoms with Gasteiger partial charge in [-0.3, -0.25) is 4.79 Å². The van der Waals surface area contributed by atoms with Crippen molar-refractivity contribution in [2.24, 2.45) is 0 Å². The molecule has 0 atom stereocenters. The highest BCUT2D eigenvalue weighted by molar-refractivity contribution is 6.00. The zero-order valence-electron chi connectivity index (χ0n) is 7.07. The molecule has 1 aliphatic rings. The molecule has 2 heterocycles. The smallest absolute Gasteiger partial charge is 0.354 e. The predicted octanol–water partition coefficient (Wildman–Crippen LogP) is 0.144. The van der Waals surface area contributed by atoms with Crippen LogP contribution in [0.5, 0.6) is 0 Å². The molecule has 0 saturated heterocycles. The molecule has 1 amide bonds. The van der Waals surface area contributed by atoms with E-state index in [1.807, 2.05) is 0 Å². The topological polar surface area (TPSA) is 91.3 Å². The summed E-state index contributed by atoms with van der Waals surface area (Å²) in [6.45, 7) is 0.114. The number of nitrogens with one attached hydrogen (secondary N) is 2. The number of pyridine rings is 1. The second kappa shape index (κ2) is 2.99. The number of hydrogen-bond donors (Lipinski definition) is 3. The van der Waals surface area contributed by atoms with Gasteiger partial charge < -0.3 is 15.7 Å². The van der Waals surface area contributed by atoms with Gasteiger partial charge in [0, 0.05) is 0 Å². The molecule has 6 nitrogen and oxygen atoms in total. The maximum Gasteiger partial charge on any atom is 0.354 e. The minimum Gasteiger partial charge on any atom is -0.477 e. The Bertz CT molecular complexity index is 416. The lowest BCUT2D eigenvalue weighted by Gasteiger charge is -2.17. The van der Waals surface area contributed by atoms with Crippen molar-refractivity contribution in [1.29, 1.82) is 0 Å². The first-order valence-corrected chi connectivity index (χ1v) is 3.95. The monoisotopic (exact) mass is 193 g/mol. The Balaban J connectivity index is 2.41. The Morgan fingerprint density at radius 2 is 2.29 bits per heavy atom. The molecule has 0 unspecified atom stereocenters. The van der Waals surface area contributed by atoms with Crippen molar-refractivity contribution in [2.45, 2.75) is 0 Å². The van der Waals surface area contributed by atoms with Crippen LogP contribution in [0.3, 0.4) is 0 Å². The number of nitrogens with zero attached hydrogens (tertiary/aromatic N) is 1. The summed E-state index contributed by atoms with van der Waals surface area (Å²) in [4.78, 5) is 25.3. The van der Waals surface area contributed by atoms with E-state index in [2.05, 4.69) is 15.6 Å². The summed E-state index contributed by atoms with van der Waals surface area (Å²) in [5, 5.41) is 14.0. The standard InChI is InChI=1S/C8H7N3O3/c12-6-3-9-7-4(10-6)1-2-5(11-7)8(13)14/h1-2H,3H2,(H,9,11)(H,10,12)(H,13,14). The fourth-order valence-electron chi connectivity index (χ4n) is 1.17. The molecule has 0 spiro atoms. The summed E-state index contributed by atoms with van der Waals surface area (Å²) < 4.78 is 0. The number of carbonyl (C=O) groups excluding carboxylic acids is 1. The van der Waals surface area contributed by atoms with E-state index < -0.39 is 5.97 Å². The van der Waals surface area contributed by atoms with Gasteiger partial charge in [0.1, 0.15) is 0 Å². The lowest BCUT2D eigenvalue weighted by molar-refractivity contribution is -0.114. The third-order valence-electron chi connectivity index (χ3n) is 1.80. The van der Waals surface area contributed by atoms with Gasteiger partial charge in [-0.1, -0.05) is 0 Å². The van der Waals surface area contributed by atoms with E-state index in [4.69, 9.17) is 5.11 Å². The normalized spacial score (nSPS) is 13.9. The molecule has 0 saturated carbocycles. The van der Waals surface area contributed by atoms with E-state index in [-0.39, 0.29) is 18.1 Å². The Labute approximate surface area is 79.0 Å². The average Bonchev–Trinajstić information content (AvgIpc) is 2.16. The number of hydrogen-bond acceptors (Lipinski definition) is 4. The molecular formula is C8H7N3O3. The molecular weight excluding hydrogens is 186 g/mol. The molecule has 6 heteroatoms. The van der Waals surface area contributed by atoms with Crippen molar-refractivity contribution in [1.82, 2.24) is 4.98 Å². The van der Waals surface area contributed by atoms with Crippen LogP contribution in [0.4, 0.5) is 11.5 Å². The van der Waals surface area contributed by atoms with Gasteiger partial charge in [-0.05, 0) is 12.1 Å². The average molecular weight is 193 g/mol. The van der Waals surface area contributed by atoms with Gasteiger partial charge in [0.15, 0.2) is 11.5 Å². The predicted molar refractivity (Wildman–Crippen MR) is 48.3 cm³/mol. The van der Waals surface area contributed by atoms with Crippen LogP contribution in [-0.2, 0) is 4.79 Å². The molecule has 1 aromatic rings. The van der Waals surface area contributed by atoms with Crippen molar-refractivity contribution < 1.29 is 14.7 Å². The molecule has 0 radical (unpaired) electrons. The molecule has 3 N–H and O–H groups in total. The first-order chi connectivity index (χ1) is 6.66. The van der Waals surface area contributed by atoms with E-state index in [9.17, 15) is 9.59 Å². The first-order valence-electron chi connectivity index (χ1n) is 3.95. The van der Waals surface area contributed by atoms with E-state index in [0.717, 1.165) is 0 Å². The number of aromatic carboxylic acids is 1. The highest BCUT2D eigenvalue weighted by Gasteiger charge is 2.16. The summed E-state index contributed by atoms with van der Waals surface area (Å²) >= 11 is 0. The summed E-state index contributed by atoms with van der Waals surface area (Å²) in [5.74, 6) is -0.863. The Morgan fingerprint density at radius 1 is 1.50 bits per heavy atom. The fourth-order valence-corrected chi connectivity index (χ4v) is 1.17. The number of carboxylic acids is 1. The number of rotatable bonds is 1. The molecule has 14 heavy (non-hydrogen) atoms. The van der Waals surface area contributed by atoms with Gasteiger partial charge in [-0.25, -0.2) is 9.78 Å². The molecule has 0 aliphatic carbocycles. The zero-order valence-corrected chi connectivity index (χ0v) is 7.07. The van der Waals surface area contributed by atoms with E-state index in [1.54, 1.807) is 0 Å². The third kappa shape index (κ3) is 1.37. The van der Waals surface area contributed by atoms with Crippen LogP contribution >= 0.6 is 0 Å². The maximum absolute atomic E-state index is 10.9. The summed E-state index contributed by atoms with van der Waals surface area (Å²) in [5.41, 5.74) is 0.457. The van der Waals surface area contributed by atoms with Gasteiger partial charge >= 0.3 is 5.97 Å². The van der Waals surface area contributed by atoms with Gasteiger partial charge in [-0.2, -0.15) is 0 Å². The number of fused-ring (bicyclic) bond motifs is 1. The second-order valence-electron chi connectivity index (χ2n) is 2.80. The molecule has 0 fully saturated rings. The van der Waals surface area contributed by atoms with Crippen LogP contribution < -0.4 is 10.6 Å². The van der Waals surface area contributed by atoms with E-state index >= 15 is 0 Å². The van der Waals surface area contributed by atoms with Crippen molar-refractivity contribution in [3.63, 3.8) is 0 Å². The van der Waals surface area contributed by atoms with Crippen molar-refractivity contribution >= 4 is 23.4 Å². The zero-order chi connectivity index (χ0) is 10.1. The van der Waals surface area contributed by atoms with Crippen molar-refractivity contribution in [2.75, 3.05) is 17.2 Å². The molecule has 0 bridgehead atoms. The molecule has 1 aromatic heterocycles. The van der Waals surface area contributed by atoms with Crippen LogP contribution in [-0.4, -0.2) is 28.5 Å². The molecule has 72 valence electrons. The second-order valence-corrected chi connectivity index (χ2v) is 2.80. The number of amides is 1. The van der Waals surface area contributed by atoms with Gasteiger partial charge in [0.25, 0.3) is 0 Å². The van der Waals surface area contributed by atoms with Gasteiger partial charge in [0.05, 0.1) is 12.2 Å². The molecule has 1 aliphatic heterocycles. The van der Waals surface area contributed by atoms with Crippen LogP contribution in [0, 0.1) is 0 Å². The Morgan fingerprint density at radius 3 is 3.00 bits per heavy atom. The van der Waals surface area contributed by atoms with E-state index in [1.165, 1.54) is 12.1 Å². The molecule has 0 aromatic carbocycles. The molecule has 2 rings (SSSR count). The highest BCUT2D eigenvalue weighted by atomic mass is 16.4. The minimum atomic E-state index is -1.09. The Hall–Kier alpha value is -2.11. The van der Waals surface area contributed by atoms with Crippen LogP contribution in [0.25, 0.3) is 0 Å². The van der Waals surface area contributed by atoms with E-state index in [0.29, 0.717) is 11.5 Å². The van der Waals surface area contributed by atoms with Crippen LogP contribution in [0.1, 0.15) is 10.5 Å². The third-order valence-corrected chi connectivity index (χ3v) is 1.80. The Kier molecular flexibility index (Phi) is 1.81. The highest BCUT2D eigenvalue weighted by Crippen LogP contribution is 2.21. The maximum atomic E-state index is 10.9. The van der Waals surface area contributed by atoms with Gasteiger partial charge in [-0.15, -0.1) is 0 Å². The van der Waals surface area contributed by atoms with Crippen molar-refractivity contribution in [3.05, 3.63) is 17.8 Å². The number of anilines is 2. The summed E-state index contributed by atoms with van der Waals surface area (Å²) in [6, 6.07) is 2.85. The summed E-state index contributed by atoms with van der Waals surface area (Å²) in [6.07, 6.45) is 0. The minimum absolute atomic E-state index is 0.0487. The number of carboxylic acid groups (broad SMARTS) is 1. The van der Waals surface area contributed by atoms with Gasteiger partial charge in [0.2, 0.25) is 5.91 Å². The lowest BCUT2D eigenvalue weighted by atomic mass is 10.2. The van der Waals surface area contributed by atoms with Crippen LogP contribution in [0.15, 0.2) is 12.1 Å².